The molecule has 0 radical (unpaired) electrons. The van der Waals surface area contributed by atoms with Crippen LogP contribution in [0.3, 0.4) is 0 Å². The topological polar surface area (TPSA) is 344 Å². The zero-order chi connectivity index (χ0) is 43.0. The smallest absolute Gasteiger partial charge is 0.333 e. The molecule has 0 bridgehead atoms. The lowest BCUT2D eigenvalue weighted by Crippen LogP contribution is -2.45. The number of nitrogens with two attached hydrogens (primary N) is 2. The van der Waals surface area contributed by atoms with Gasteiger partial charge in [-0.05, 0) is 12.8 Å². The lowest BCUT2D eigenvalue weighted by Gasteiger charge is -2.24. The Labute approximate surface area is 326 Å². The molecule has 4 fully saturated rings. The summed E-state index contributed by atoms with van der Waals surface area (Å²) >= 11 is 0. The molecule has 57 heavy (non-hydrogen) atoms. The minimum atomic E-state index is -1.03. The summed E-state index contributed by atoms with van der Waals surface area (Å²) in [6.45, 7) is 4.75. The second-order valence-electron chi connectivity index (χ2n) is 13.5. The van der Waals surface area contributed by atoms with Gasteiger partial charge >= 0.3 is 11.9 Å². The molecule has 4 rings (SSSR count). The van der Waals surface area contributed by atoms with Crippen molar-refractivity contribution in [1.82, 2.24) is 30.6 Å². The molecule has 4 heterocycles. The van der Waals surface area contributed by atoms with Crippen molar-refractivity contribution in [2.75, 3.05) is 26.2 Å². The van der Waals surface area contributed by atoms with E-state index in [1.165, 1.54) is 9.80 Å². The molecular formula is C34H50N8O15. The SMILES string of the molecule is CC[C@H](C(N)=O)N1CC(CNC(=O)CCC(=O)O)CC1=O.CC[C@H](C(N)=O)N1CC(CNC(=O)CCC(=O)ON2C(=O)CCC2=O)CC1=O.O=C1CCC(=O)N1O. The average molecular weight is 811 g/mol. The summed E-state index contributed by atoms with van der Waals surface area (Å²) in [6.07, 6.45) is 0.842. The molecule has 4 saturated heterocycles. The van der Waals surface area contributed by atoms with Crippen molar-refractivity contribution in [3.05, 3.63) is 0 Å². The first-order valence-electron chi connectivity index (χ1n) is 18.3. The number of carbonyl (C=O) groups excluding carboxylic acids is 11. The summed E-state index contributed by atoms with van der Waals surface area (Å²) in [6, 6.07) is -1.26. The number of carbonyl (C=O) groups is 12. The molecule has 4 atom stereocenters. The minimum Gasteiger partial charge on any atom is -0.481 e. The van der Waals surface area contributed by atoms with E-state index < -0.39 is 65.4 Å². The molecule has 2 unspecified atom stereocenters. The number of carboxylic acids is 1. The molecule has 10 amide bonds. The molecule has 0 aromatic rings. The van der Waals surface area contributed by atoms with Crippen LogP contribution in [0.4, 0.5) is 0 Å². The van der Waals surface area contributed by atoms with Gasteiger partial charge in [0.15, 0.2) is 0 Å². The highest BCUT2D eigenvalue weighted by molar-refractivity contribution is 6.02. The van der Waals surface area contributed by atoms with Crippen LogP contribution >= 0.6 is 0 Å². The Bertz CT molecular complexity index is 1570. The van der Waals surface area contributed by atoms with E-state index in [9.17, 15) is 57.5 Å². The number of aliphatic carboxylic acids is 1. The summed E-state index contributed by atoms with van der Waals surface area (Å²) in [5, 5.41) is 22.7. The van der Waals surface area contributed by atoms with Crippen LogP contribution < -0.4 is 22.1 Å². The van der Waals surface area contributed by atoms with E-state index in [1.807, 2.05) is 0 Å². The highest BCUT2D eigenvalue weighted by Crippen LogP contribution is 2.22. The number of imide groups is 2. The van der Waals surface area contributed by atoms with E-state index in [0.29, 0.717) is 31.0 Å². The number of hydroxylamine groups is 4. The summed E-state index contributed by atoms with van der Waals surface area (Å²) < 4.78 is 0. The molecule has 4 aliphatic heterocycles. The maximum Gasteiger partial charge on any atom is 0.333 e. The number of carboxylic acid groups (broad SMARTS) is 1. The van der Waals surface area contributed by atoms with Crippen molar-refractivity contribution in [1.29, 1.82) is 0 Å². The van der Waals surface area contributed by atoms with Crippen LogP contribution in [-0.2, 0) is 62.4 Å². The molecule has 0 saturated carbocycles. The van der Waals surface area contributed by atoms with Gasteiger partial charge in [-0.25, -0.2) is 4.79 Å². The number of likely N-dealkylation sites (tertiary alicyclic amines) is 2. The predicted octanol–water partition coefficient (Wildman–Crippen LogP) is -2.79. The van der Waals surface area contributed by atoms with Crippen molar-refractivity contribution >= 4 is 71.0 Å². The summed E-state index contributed by atoms with van der Waals surface area (Å²) in [5.74, 6) is -6.51. The standard InChI is InChI=1S/C17H24N4O7.C13H21N3O5.C4H5NO3/c1-2-11(17(18)27)20-9-10(7-15(20)25)8-19-12(22)3-6-16(26)28-21-13(23)4-5-14(21)24;1-2-9(13(14)21)16-7-8(5-11(16)18)6-15-10(17)3-4-12(19)20;6-3-1-2-4(7)5(3)8/h10-11H,2-9H2,1H3,(H2,18,27)(H,19,22);8-9H,2-7H2,1H3,(H2,14,21)(H,15,17)(H,19,20);8H,1-2H2/t10?,11-;8?,9-;/m11./s1. The summed E-state index contributed by atoms with van der Waals surface area (Å²) in [7, 11) is 0. The second-order valence-corrected chi connectivity index (χ2v) is 13.5. The van der Waals surface area contributed by atoms with Gasteiger partial charge in [0, 0.05) is 89.4 Å². The fourth-order valence-corrected chi connectivity index (χ4v) is 6.14. The van der Waals surface area contributed by atoms with E-state index in [-0.39, 0.29) is 112 Å². The van der Waals surface area contributed by atoms with Crippen molar-refractivity contribution in [3.8, 4) is 0 Å². The molecule has 8 N–H and O–H groups in total. The van der Waals surface area contributed by atoms with Gasteiger partial charge in [0.1, 0.15) is 12.1 Å². The normalized spacial score (nSPS) is 20.1. The lowest BCUT2D eigenvalue weighted by atomic mass is 10.1. The van der Waals surface area contributed by atoms with E-state index in [2.05, 4.69) is 15.5 Å². The third kappa shape index (κ3) is 14.9. The Hall–Kier alpha value is -6.00. The molecular weight excluding hydrogens is 760 g/mol. The molecule has 0 aliphatic carbocycles. The van der Waals surface area contributed by atoms with Crippen molar-refractivity contribution in [3.63, 3.8) is 0 Å². The summed E-state index contributed by atoms with van der Waals surface area (Å²) in [5.41, 5.74) is 10.6. The quantitative estimate of drug-likeness (QED) is 0.0639. The van der Waals surface area contributed by atoms with Crippen LogP contribution in [-0.4, -0.2) is 140 Å². The van der Waals surface area contributed by atoms with Crippen LogP contribution in [0.1, 0.15) is 90.9 Å². The zero-order valence-corrected chi connectivity index (χ0v) is 31.8. The number of nitrogens with one attached hydrogen (secondary N) is 2. The van der Waals surface area contributed by atoms with Gasteiger partial charge in [0.05, 0.1) is 12.8 Å². The van der Waals surface area contributed by atoms with Crippen LogP contribution in [0.15, 0.2) is 0 Å². The molecule has 4 aliphatic rings. The van der Waals surface area contributed by atoms with E-state index in [0.717, 1.165) is 0 Å². The lowest BCUT2D eigenvalue weighted by molar-refractivity contribution is -0.197. The van der Waals surface area contributed by atoms with Crippen LogP contribution in [0.5, 0.6) is 0 Å². The Morgan fingerprint density at radius 1 is 0.649 bits per heavy atom. The molecule has 0 aromatic carbocycles. The fourth-order valence-electron chi connectivity index (χ4n) is 6.14. The zero-order valence-electron chi connectivity index (χ0n) is 31.8. The number of hydrogen-bond donors (Lipinski definition) is 6. The van der Waals surface area contributed by atoms with Crippen molar-refractivity contribution in [2.24, 2.45) is 23.3 Å². The predicted molar refractivity (Wildman–Crippen MR) is 188 cm³/mol. The van der Waals surface area contributed by atoms with Crippen molar-refractivity contribution < 1.29 is 72.7 Å². The maximum atomic E-state index is 12.1. The second kappa shape index (κ2) is 22.5. The fraction of sp³-hybridized carbons (Fsp3) is 0.647. The van der Waals surface area contributed by atoms with Gasteiger partial charge in [-0.3, -0.25) is 57.9 Å². The summed E-state index contributed by atoms with van der Waals surface area (Å²) in [4.78, 5) is 143. The minimum absolute atomic E-state index is 0.00162. The number of nitrogens with zero attached hydrogens (tertiary/aromatic N) is 4. The van der Waals surface area contributed by atoms with E-state index in [1.54, 1.807) is 13.8 Å². The van der Waals surface area contributed by atoms with Gasteiger partial charge < -0.3 is 41.8 Å². The first-order chi connectivity index (χ1) is 26.8. The van der Waals surface area contributed by atoms with Crippen LogP contribution in [0.2, 0.25) is 0 Å². The van der Waals surface area contributed by atoms with Crippen LogP contribution in [0.25, 0.3) is 0 Å². The Morgan fingerprint density at radius 2 is 1.04 bits per heavy atom. The first kappa shape index (κ1) is 47.2. The van der Waals surface area contributed by atoms with Crippen LogP contribution in [0, 0.1) is 11.8 Å². The van der Waals surface area contributed by atoms with Crippen molar-refractivity contribution in [2.45, 2.75) is 103 Å². The monoisotopic (exact) mass is 810 g/mol. The third-order valence-corrected chi connectivity index (χ3v) is 9.18. The van der Waals surface area contributed by atoms with E-state index >= 15 is 0 Å². The molecule has 0 spiro atoms. The number of primary amides is 2. The van der Waals surface area contributed by atoms with Gasteiger partial charge in [-0.15, -0.1) is 5.06 Å². The first-order valence-corrected chi connectivity index (χ1v) is 18.3. The Kier molecular flexibility index (Phi) is 18.6. The number of amides is 10. The highest BCUT2D eigenvalue weighted by atomic mass is 16.7. The van der Waals surface area contributed by atoms with Gasteiger partial charge in [-0.2, -0.15) is 5.06 Å². The third-order valence-electron chi connectivity index (χ3n) is 9.18. The number of rotatable bonds is 17. The molecule has 23 heteroatoms. The molecule has 316 valence electrons. The Balaban J connectivity index is 0.000000338. The molecule has 0 aromatic heterocycles. The van der Waals surface area contributed by atoms with E-state index in [4.69, 9.17) is 21.8 Å². The highest BCUT2D eigenvalue weighted by Gasteiger charge is 2.37. The largest absolute Gasteiger partial charge is 0.481 e. The van der Waals surface area contributed by atoms with Gasteiger partial charge in [0.2, 0.25) is 35.4 Å². The molecule has 23 nitrogen and oxygen atoms in total. The maximum absolute atomic E-state index is 12.1. The Morgan fingerprint density at radius 3 is 1.37 bits per heavy atom. The number of hydrogen-bond acceptors (Lipinski definition) is 14. The van der Waals surface area contributed by atoms with Gasteiger partial charge in [-0.1, -0.05) is 13.8 Å². The average Bonchev–Trinajstić information content (AvgIpc) is 3.88. The van der Waals surface area contributed by atoms with Gasteiger partial charge in [0.25, 0.3) is 23.6 Å².